The summed E-state index contributed by atoms with van der Waals surface area (Å²) in [6.45, 7) is 12.5. The molecule has 0 saturated carbocycles. The molecule has 1 rings (SSSR count). The van der Waals surface area contributed by atoms with Gasteiger partial charge in [-0.2, -0.15) is 0 Å². The number of nitrogens with zero attached hydrogens (tertiary/aromatic N) is 2. The molecule has 1 aliphatic rings. The van der Waals surface area contributed by atoms with Crippen molar-refractivity contribution in [1.29, 1.82) is 0 Å². The molecule has 29 heavy (non-hydrogen) atoms. The summed E-state index contributed by atoms with van der Waals surface area (Å²) in [5.74, 6) is -1.99. The number of amides is 3. The Balaban J connectivity index is 2.95. The van der Waals surface area contributed by atoms with Crippen molar-refractivity contribution in [2.45, 2.75) is 85.0 Å². The van der Waals surface area contributed by atoms with Crippen LogP contribution in [0.5, 0.6) is 0 Å². The lowest BCUT2D eigenvalue weighted by molar-refractivity contribution is -0.151. The molecule has 9 heteroatoms. The molecule has 3 amide bonds. The van der Waals surface area contributed by atoms with Gasteiger partial charge >= 0.3 is 12.1 Å². The fourth-order valence-corrected chi connectivity index (χ4v) is 3.03. The van der Waals surface area contributed by atoms with E-state index in [4.69, 9.17) is 4.74 Å². The van der Waals surface area contributed by atoms with Crippen molar-refractivity contribution in [2.24, 2.45) is 5.41 Å². The Morgan fingerprint density at radius 2 is 1.69 bits per heavy atom. The first kappa shape index (κ1) is 24.7. The first-order valence-electron chi connectivity index (χ1n) is 9.85. The Labute approximate surface area is 172 Å². The third-order valence-electron chi connectivity index (χ3n) is 4.86. The van der Waals surface area contributed by atoms with Gasteiger partial charge in [-0.05, 0) is 46.0 Å². The molecular formula is C20H35N3O6. The Hall–Kier alpha value is -2.32. The first-order valence-corrected chi connectivity index (χ1v) is 9.85. The van der Waals surface area contributed by atoms with Crippen LogP contribution in [0.3, 0.4) is 0 Å². The molecule has 1 saturated heterocycles. The highest BCUT2D eigenvalue weighted by molar-refractivity contribution is 5.93. The molecule has 0 spiro atoms. The van der Waals surface area contributed by atoms with E-state index in [1.807, 2.05) is 0 Å². The summed E-state index contributed by atoms with van der Waals surface area (Å²) in [5, 5.41) is 12.1. The van der Waals surface area contributed by atoms with E-state index in [9.17, 15) is 24.3 Å². The summed E-state index contributed by atoms with van der Waals surface area (Å²) in [6, 6.07) is -2.69. The van der Waals surface area contributed by atoms with E-state index in [-0.39, 0.29) is 0 Å². The van der Waals surface area contributed by atoms with Gasteiger partial charge < -0.3 is 20.1 Å². The molecule has 9 nitrogen and oxygen atoms in total. The second-order valence-electron chi connectivity index (χ2n) is 9.60. The molecule has 1 fully saturated rings. The lowest BCUT2D eigenvalue weighted by Gasteiger charge is -2.36. The van der Waals surface area contributed by atoms with Gasteiger partial charge in [-0.3, -0.25) is 14.5 Å². The molecule has 1 aliphatic heterocycles. The molecular weight excluding hydrogens is 378 g/mol. The largest absolute Gasteiger partial charge is 0.480 e. The van der Waals surface area contributed by atoms with Crippen molar-refractivity contribution in [3.05, 3.63) is 0 Å². The van der Waals surface area contributed by atoms with Gasteiger partial charge in [0.25, 0.3) is 0 Å². The summed E-state index contributed by atoms with van der Waals surface area (Å²) in [4.78, 5) is 52.1. The van der Waals surface area contributed by atoms with Crippen LogP contribution in [0, 0.1) is 5.41 Å². The summed E-state index contributed by atoms with van der Waals surface area (Å²) in [5.41, 5.74) is -1.35. The first-order chi connectivity index (χ1) is 13.1. The third kappa shape index (κ3) is 6.61. The fraction of sp³-hybridized carbons (Fsp3) is 0.800. The van der Waals surface area contributed by atoms with Gasteiger partial charge in [-0.1, -0.05) is 20.8 Å². The second-order valence-corrected chi connectivity index (χ2v) is 9.60. The number of carboxylic acids is 1. The van der Waals surface area contributed by atoms with Crippen molar-refractivity contribution in [2.75, 3.05) is 13.6 Å². The van der Waals surface area contributed by atoms with Crippen molar-refractivity contribution >= 4 is 23.9 Å². The Morgan fingerprint density at radius 3 is 2.14 bits per heavy atom. The molecule has 2 N–H and O–H groups in total. The lowest BCUT2D eigenvalue weighted by Crippen LogP contribution is -2.59. The minimum absolute atomic E-state index is 0.339. The van der Waals surface area contributed by atoms with Crippen LogP contribution in [0.1, 0.15) is 61.3 Å². The molecule has 3 atom stereocenters. The number of hydrogen-bond acceptors (Lipinski definition) is 5. The molecule has 1 heterocycles. The summed E-state index contributed by atoms with van der Waals surface area (Å²) in [7, 11) is 1.45. The van der Waals surface area contributed by atoms with E-state index >= 15 is 0 Å². The predicted molar refractivity (Wildman–Crippen MR) is 107 cm³/mol. The lowest BCUT2D eigenvalue weighted by atomic mass is 9.85. The van der Waals surface area contributed by atoms with Gasteiger partial charge in [0.1, 0.15) is 23.7 Å². The molecule has 0 bridgehead atoms. The molecule has 166 valence electrons. The van der Waals surface area contributed by atoms with E-state index in [2.05, 4.69) is 5.32 Å². The van der Waals surface area contributed by atoms with E-state index in [1.165, 1.54) is 16.8 Å². The second kappa shape index (κ2) is 9.00. The van der Waals surface area contributed by atoms with Crippen LogP contribution in [0.4, 0.5) is 4.79 Å². The number of carboxylic acid groups (broad SMARTS) is 1. The normalized spacial score (nSPS) is 19.3. The molecule has 3 unspecified atom stereocenters. The van der Waals surface area contributed by atoms with Crippen LogP contribution >= 0.6 is 0 Å². The summed E-state index contributed by atoms with van der Waals surface area (Å²) in [6.07, 6.45) is 0.346. The molecule has 0 radical (unpaired) electrons. The van der Waals surface area contributed by atoms with Crippen LogP contribution in [-0.4, -0.2) is 76.1 Å². The smallest absolute Gasteiger partial charge is 0.410 e. The van der Waals surface area contributed by atoms with Crippen LogP contribution in [-0.2, 0) is 19.1 Å². The predicted octanol–water partition coefficient (Wildman–Crippen LogP) is 1.85. The van der Waals surface area contributed by atoms with Crippen LogP contribution in [0.15, 0.2) is 0 Å². The number of likely N-dealkylation sites (N-methyl/N-ethyl adjacent to an activating group) is 1. The average molecular weight is 414 g/mol. The van der Waals surface area contributed by atoms with E-state index in [1.54, 1.807) is 48.5 Å². The zero-order valence-corrected chi connectivity index (χ0v) is 18.7. The topological polar surface area (TPSA) is 116 Å². The highest BCUT2D eigenvalue weighted by Gasteiger charge is 2.42. The zero-order valence-electron chi connectivity index (χ0n) is 18.7. The van der Waals surface area contributed by atoms with Crippen molar-refractivity contribution in [3.8, 4) is 0 Å². The maximum absolute atomic E-state index is 13.1. The highest BCUT2D eigenvalue weighted by atomic mass is 16.6. The number of rotatable bonds is 5. The summed E-state index contributed by atoms with van der Waals surface area (Å²) < 4.78 is 5.28. The number of aliphatic carboxylic acids is 1. The number of nitrogens with one attached hydrogen (secondary N) is 1. The highest BCUT2D eigenvalue weighted by Crippen LogP contribution is 2.26. The van der Waals surface area contributed by atoms with Crippen LogP contribution in [0.25, 0.3) is 0 Å². The van der Waals surface area contributed by atoms with E-state index < -0.39 is 53.0 Å². The number of ether oxygens (including phenoxy) is 1. The monoisotopic (exact) mass is 413 g/mol. The Bertz CT molecular complexity index is 650. The zero-order chi connectivity index (χ0) is 22.7. The van der Waals surface area contributed by atoms with Gasteiger partial charge in [0.2, 0.25) is 11.8 Å². The maximum Gasteiger partial charge on any atom is 0.410 e. The van der Waals surface area contributed by atoms with Crippen molar-refractivity contribution < 1.29 is 29.0 Å². The molecule has 0 aromatic carbocycles. The third-order valence-corrected chi connectivity index (χ3v) is 4.86. The maximum atomic E-state index is 13.1. The number of hydrogen-bond donors (Lipinski definition) is 2. The van der Waals surface area contributed by atoms with Crippen LogP contribution in [0.2, 0.25) is 0 Å². The number of likely N-dealkylation sites (tertiary alicyclic amines) is 1. The van der Waals surface area contributed by atoms with Gasteiger partial charge in [0, 0.05) is 13.6 Å². The standard InChI is InChI=1S/C20H35N3O6/c1-12(22(8)18(28)29-20(5,6)7)15(24)21-14(19(2,3)4)16(25)23-11-9-10-13(23)17(26)27/h12-14H,9-11H2,1-8H3,(H,21,24)(H,26,27). The Morgan fingerprint density at radius 1 is 1.14 bits per heavy atom. The molecule has 0 aliphatic carbocycles. The molecule has 0 aromatic heterocycles. The SMILES string of the molecule is CC(C(=O)NC(C(=O)N1CCCC1C(=O)O)C(C)(C)C)N(C)C(=O)OC(C)(C)C. The average Bonchev–Trinajstić information content (AvgIpc) is 3.04. The van der Waals surface area contributed by atoms with Gasteiger partial charge in [-0.25, -0.2) is 9.59 Å². The van der Waals surface area contributed by atoms with Gasteiger partial charge in [-0.15, -0.1) is 0 Å². The minimum Gasteiger partial charge on any atom is -0.480 e. The van der Waals surface area contributed by atoms with Crippen molar-refractivity contribution in [3.63, 3.8) is 0 Å². The molecule has 0 aromatic rings. The van der Waals surface area contributed by atoms with Gasteiger partial charge in [0.15, 0.2) is 0 Å². The minimum atomic E-state index is -1.05. The quantitative estimate of drug-likeness (QED) is 0.710. The Kier molecular flexibility index (Phi) is 7.67. The van der Waals surface area contributed by atoms with E-state index in [0.717, 1.165) is 0 Å². The van der Waals surface area contributed by atoms with E-state index in [0.29, 0.717) is 19.4 Å². The van der Waals surface area contributed by atoms with Gasteiger partial charge in [0.05, 0.1) is 0 Å². The number of carbonyl (C=O) groups is 4. The number of carbonyl (C=O) groups excluding carboxylic acids is 3. The summed E-state index contributed by atoms with van der Waals surface area (Å²) >= 11 is 0. The van der Waals surface area contributed by atoms with Crippen LogP contribution < -0.4 is 5.32 Å². The fourth-order valence-electron chi connectivity index (χ4n) is 3.03. The van der Waals surface area contributed by atoms with Crippen molar-refractivity contribution in [1.82, 2.24) is 15.1 Å².